The van der Waals surface area contributed by atoms with Crippen molar-refractivity contribution in [2.45, 2.75) is 26.3 Å². The van der Waals surface area contributed by atoms with Gasteiger partial charge in [-0.3, -0.25) is 0 Å². The number of carboxylic acids is 1. The number of aromatic nitrogens is 4. The number of carboxylic acid groups (broad SMARTS) is 1. The third kappa shape index (κ3) is 2.53. The number of aliphatic carboxylic acids is 1. The van der Waals surface area contributed by atoms with Crippen molar-refractivity contribution in [2.24, 2.45) is 0 Å². The molecule has 0 saturated heterocycles. The van der Waals surface area contributed by atoms with Crippen molar-refractivity contribution in [1.82, 2.24) is 20.2 Å². The summed E-state index contributed by atoms with van der Waals surface area (Å²) in [5.74, 6) is -0.400. The van der Waals surface area contributed by atoms with Gasteiger partial charge in [0.2, 0.25) is 0 Å². The van der Waals surface area contributed by atoms with Crippen LogP contribution in [0.3, 0.4) is 0 Å². The highest BCUT2D eigenvalue weighted by Gasteiger charge is 2.19. The second kappa shape index (κ2) is 4.95. The van der Waals surface area contributed by atoms with E-state index in [1.54, 1.807) is 6.92 Å². The third-order valence-electron chi connectivity index (χ3n) is 2.73. The number of rotatable bonds is 4. The summed E-state index contributed by atoms with van der Waals surface area (Å²) in [7, 11) is 0. The van der Waals surface area contributed by atoms with Crippen LogP contribution in [0.15, 0.2) is 24.3 Å². The normalized spacial score (nSPS) is 12.3. The number of carbonyl (C=O) groups is 1. The van der Waals surface area contributed by atoms with Gasteiger partial charge in [0, 0.05) is 6.42 Å². The zero-order valence-corrected chi connectivity index (χ0v) is 10.2. The first-order valence-corrected chi connectivity index (χ1v) is 5.63. The fourth-order valence-electron chi connectivity index (χ4n) is 1.74. The first-order valence-electron chi connectivity index (χ1n) is 5.63. The molecule has 0 saturated carbocycles. The molecule has 18 heavy (non-hydrogen) atoms. The van der Waals surface area contributed by atoms with Crippen molar-refractivity contribution in [2.75, 3.05) is 0 Å². The fraction of sp³-hybridized carbons (Fsp3) is 0.333. The molecule has 0 aliphatic heterocycles. The van der Waals surface area contributed by atoms with E-state index in [1.807, 2.05) is 31.2 Å². The van der Waals surface area contributed by atoms with E-state index in [9.17, 15) is 4.79 Å². The lowest BCUT2D eigenvalue weighted by Gasteiger charge is -2.08. The average molecular weight is 246 g/mol. The number of hydrogen-bond acceptors (Lipinski definition) is 4. The second-order valence-electron chi connectivity index (χ2n) is 4.22. The van der Waals surface area contributed by atoms with Gasteiger partial charge in [0.15, 0.2) is 5.82 Å². The van der Waals surface area contributed by atoms with Gasteiger partial charge < -0.3 is 5.11 Å². The molecule has 0 radical (unpaired) electrons. The van der Waals surface area contributed by atoms with Crippen LogP contribution in [0, 0.1) is 6.92 Å². The fourth-order valence-corrected chi connectivity index (χ4v) is 1.74. The van der Waals surface area contributed by atoms with Crippen LogP contribution in [0.2, 0.25) is 0 Å². The molecular formula is C12H14N4O2. The Kier molecular flexibility index (Phi) is 3.36. The molecule has 94 valence electrons. The second-order valence-corrected chi connectivity index (χ2v) is 4.22. The first kappa shape index (κ1) is 12.2. The average Bonchev–Trinajstić information content (AvgIpc) is 2.76. The SMILES string of the molecule is Cc1cccc(Cc2nnnn2C(C)C(=O)O)c1. The summed E-state index contributed by atoms with van der Waals surface area (Å²) in [6, 6.07) is 7.20. The van der Waals surface area contributed by atoms with Gasteiger partial charge in [-0.2, -0.15) is 0 Å². The molecule has 1 aromatic heterocycles. The Morgan fingerprint density at radius 2 is 2.28 bits per heavy atom. The number of tetrazole rings is 1. The molecule has 2 aromatic rings. The number of aryl methyl sites for hydroxylation is 1. The summed E-state index contributed by atoms with van der Waals surface area (Å²) in [6.45, 7) is 3.56. The van der Waals surface area contributed by atoms with Crippen LogP contribution in [0.25, 0.3) is 0 Å². The molecule has 0 aliphatic rings. The topological polar surface area (TPSA) is 80.9 Å². The summed E-state index contributed by atoms with van der Waals surface area (Å²) < 4.78 is 1.34. The molecular weight excluding hydrogens is 232 g/mol. The maximum atomic E-state index is 10.9. The Labute approximate surface area is 104 Å². The summed E-state index contributed by atoms with van der Waals surface area (Å²) in [5, 5.41) is 20.1. The van der Waals surface area contributed by atoms with Gasteiger partial charge >= 0.3 is 5.97 Å². The van der Waals surface area contributed by atoms with Crippen molar-refractivity contribution in [3.05, 3.63) is 41.2 Å². The Hall–Kier alpha value is -2.24. The highest BCUT2D eigenvalue weighted by molar-refractivity contribution is 5.71. The molecule has 0 spiro atoms. The monoisotopic (exact) mass is 246 g/mol. The summed E-state index contributed by atoms with van der Waals surface area (Å²) in [6.07, 6.45) is 0.520. The predicted molar refractivity (Wildman–Crippen MR) is 64.1 cm³/mol. The van der Waals surface area contributed by atoms with Gasteiger partial charge in [0.05, 0.1) is 0 Å². The van der Waals surface area contributed by atoms with E-state index in [-0.39, 0.29) is 0 Å². The van der Waals surface area contributed by atoms with E-state index >= 15 is 0 Å². The van der Waals surface area contributed by atoms with Crippen LogP contribution in [-0.4, -0.2) is 31.3 Å². The third-order valence-corrected chi connectivity index (χ3v) is 2.73. The lowest BCUT2D eigenvalue weighted by atomic mass is 10.1. The van der Waals surface area contributed by atoms with E-state index in [0.29, 0.717) is 12.2 Å². The van der Waals surface area contributed by atoms with Crippen LogP contribution >= 0.6 is 0 Å². The highest BCUT2D eigenvalue weighted by Crippen LogP contribution is 2.12. The number of nitrogens with zero attached hydrogens (tertiary/aromatic N) is 4. The Bertz CT molecular complexity index is 565. The van der Waals surface area contributed by atoms with Crippen molar-refractivity contribution in [1.29, 1.82) is 0 Å². The summed E-state index contributed by atoms with van der Waals surface area (Å²) in [4.78, 5) is 10.9. The number of hydrogen-bond donors (Lipinski definition) is 1. The Balaban J connectivity index is 2.25. The Morgan fingerprint density at radius 1 is 1.50 bits per heavy atom. The molecule has 0 bridgehead atoms. The molecule has 0 fully saturated rings. The number of benzene rings is 1. The van der Waals surface area contributed by atoms with Crippen molar-refractivity contribution in [3.63, 3.8) is 0 Å². The first-order chi connectivity index (χ1) is 8.58. The molecule has 1 unspecified atom stereocenters. The van der Waals surface area contributed by atoms with Gasteiger partial charge in [-0.25, -0.2) is 9.48 Å². The lowest BCUT2D eigenvalue weighted by molar-refractivity contribution is -0.140. The van der Waals surface area contributed by atoms with Crippen molar-refractivity contribution >= 4 is 5.97 Å². The van der Waals surface area contributed by atoms with E-state index in [0.717, 1.165) is 11.1 Å². The maximum Gasteiger partial charge on any atom is 0.328 e. The summed E-state index contributed by atoms with van der Waals surface area (Å²) >= 11 is 0. The van der Waals surface area contributed by atoms with E-state index in [4.69, 9.17) is 5.11 Å². The zero-order valence-electron chi connectivity index (χ0n) is 10.2. The summed E-state index contributed by atoms with van der Waals surface area (Å²) in [5.41, 5.74) is 2.21. The minimum Gasteiger partial charge on any atom is -0.480 e. The lowest BCUT2D eigenvalue weighted by Crippen LogP contribution is -2.19. The predicted octanol–water partition coefficient (Wildman–Crippen LogP) is 1.22. The molecule has 6 nitrogen and oxygen atoms in total. The molecule has 0 amide bonds. The molecule has 1 atom stereocenters. The minimum absolute atomic E-state index is 0.520. The maximum absolute atomic E-state index is 10.9. The quantitative estimate of drug-likeness (QED) is 0.877. The van der Waals surface area contributed by atoms with Crippen molar-refractivity contribution in [3.8, 4) is 0 Å². The molecule has 0 aliphatic carbocycles. The molecule has 1 heterocycles. The van der Waals surface area contributed by atoms with Gasteiger partial charge in [-0.05, 0) is 29.8 Å². The highest BCUT2D eigenvalue weighted by atomic mass is 16.4. The van der Waals surface area contributed by atoms with E-state index < -0.39 is 12.0 Å². The van der Waals surface area contributed by atoms with Crippen LogP contribution in [0.1, 0.15) is 29.9 Å². The standard InChI is InChI=1S/C12H14N4O2/c1-8-4-3-5-10(6-8)7-11-13-14-15-16(11)9(2)12(17)18/h3-6,9H,7H2,1-2H3,(H,17,18). The van der Waals surface area contributed by atoms with E-state index in [2.05, 4.69) is 15.5 Å². The van der Waals surface area contributed by atoms with Gasteiger partial charge in [-0.15, -0.1) is 5.10 Å². The molecule has 1 N–H and O–H groups in total. The van der Waals surface area contributed by atoms with Crippen molar-refractivity contribution < 1.29 is 9.90 Å². The smallest absolute Gasteiger partial charge is 0.328 e. The van der Waals surface area contributed by atoms with Crippen LogP contribution in [0.5, 0.6) is 0 Å². The largest absolute Gasteiger partial charge is 0.480 e. The van der Waals surface area contributed by atoms with Gasteiger partial charge in [-0.1, -0.05) is 29.8 Å². The van der Waals surface area contributed by atoms with E-state index in [1.165, 1.54) is 4.68 Å². The van der Waals surface area contributed by atoms with Gasteiger partial charge in [0.25, 0.3) is 0 Å². The Morgan fingerprint density at radius 3 is 2.94 bits per heavy atom. The van der Waals surface area contributed by atoms with Gasteiger partial charge in [0.1, 0.15) is 6.04 Å². The van der Waals surface area contributed by atoms with Crippen LogP contribution in [0.4, 0.5) is 0 Å². The van der Waals surface area contributed by atoms with Crippen LogP contribution < -0.4 is 0 Å². The minimum atomic E-state index is -0.951. The molecule has 2 rings (SSSR count). The zero-order chi connectivity index (χ0) is 13.1. The molecule has 6 heteroatoms. The van der Waals surface area contributed by atoms with Crippen LogP contribution in [-0.2, 0) is 11.2 Å². The molecule has 1 aromatic carbocycles.